The quantitative estimate of drug-likeness (QED) is 0.0249. The summed E-state index contributed by atoms with van der Waals surface area (Å²) in [7, 11) is 0. The number of unbranched alkanes of at least 4 members (excludes halogenated alkanes) is 2. The van der Waals surface area contributed by atoms with Crippen LogP contribution >= 0.6 is 0 Å². The van der Waals surface area contributed by atoms with Crippen LogP contribution in [0.15, 0.2) is 43.0 Å². The van der Waals surface area contributed by atoms with E-state index in [9.17, 15) is 86.9 Å². The van der Waals surface area contributed by atoms with Crippen LogP contribution in [0.1, 0.15) is 178 Å². The standard InChI is InChI=1S/C77H127N21O18/c1-13-43(11)63(97-68(107)50(24-18-20-28-79)88-66(105)49(23-17-19-27-78)89-70(109)54(31-45-34-84-48-22-16-15-21-47(45)48)91-71(110)56(33-60(102)103)93-74(113)61(81)41(7)8)75(114)85-36-59(101)87-51(25-26-58(80)100)67(106)92-55(32-46-35-83-38-86-46)72(111)98-64(44(12)14-2)77(116)94-53(30-40(5)6)69(108)95-57(37-99)73(112)96-62(42(9)10)76(115)90-52(65(82)104)29-39(3)4/h15-16,21-22,34-35,38-44,49-57,61-64,84,99H,13-14,17-20,23-33,36-37,78-79,81H2,1-12H3,(H2,80,100)(H2,82,104)(H,83,86)(H,85,114)(H,87,101)(H,88,105)(H,89,109)(H,90,115)(H,91,110)(H,92,106)(H,93,113)(H,94,116)(H,95,108)(H,96,112)(H,97,107)(H,98,111)(H,102,103)/t43-,44-,49-,50-,51-,52-,53-,54-,55-,56-,57-,61-,62-,63-,64-/m0/s1. The monoisotopic (exact) mass is 1630 g/mol. The second kappa shape index (κ2) is 50.6. The normalized spacial score (nSPS) is 15.3. The number of imidazole rings is 1. The molecule has 15 atom stereocenters. The van der Waals surface area contributed by atoms with E-state index in [0.29, 0.717) is 35.0 Å². The number of aromatic nitrogens is 3. The number of aromatic amines is 2. The molecule has 3 aromatic rings. The maximum absolute atomic E-state index is 14.7. The number of aliphatic carboxylic acids is 1. The number of amides is 15. The predicted octanol–water partition coefficient (Wildman–Crippen LogP) is -3.09. The molecule has 0 radical (unpaired) electrons. The molecule has 0 aliphatic rings. The maximum Gasteiger partial charge on any atom is 0.305 e. The van der Waals surface area contributed by atoms with E-state index < -0.39 is 229 Å². The molecule has 3 rings (SSSR count). The minimum Gasteiger partial charge on any atom is -0.481 e. The van der Waals surface area contributed by atoms with Gasteiger partial charge in [0, 0.05) is 48.3 Å². The fourth-order valence-corrected chi connectivity index (χ4v) is 12.3. The molecule has 0 saturated heterocycles. The Labute approximate surface area is 676 Å². The van der Waals surface area contributed by atoms with E-state index in [2.05, 4.69) is 84.1 Å². The number of aliphatic hydroxyl groups excluding tert-OH is 1. The van der Waals surface area contributed by atoms with Crippen molar-refractivity contribution in [3.63, 3.8) is 0 Å². The lowest BCUT2D eigenvalue weighted by atomic mass is 9.96. The highest BCUT2D eigenvalue weighted by molar-refractivity contribution is 6.01. The third kappa shape index (κ3) is 34.0. The van der Waals surface area contributed by atoms with Crippen molar-refractivity contribution in [1.29, 1.82) is 0 Å². The van der Waals surface area contributed by atoms with Crippen LogP contribution in [0.3, 0.4) is 0 Å². The van der Waals surface area contributed by atoms with Crippen LogP contribution in [0.5, 0.6) is 0 Å². The molecule has 39 heteroatoms. The average Bonchev–Trinajstić information content (AvgIpc) is 1.67. The zero-order valence-electron chi connectivity index (χ0n) is 68.7. The summed E-state index contributed by atoms with van der Waals surface area (Å²) < 4.78 is 0. The summed E-state index contributed by atoms with van der Waals surface area (Å²) in [5, 5.41) is 54.4. The number of aliphatic hydroxyl groups is 1. The van der Waals surface area contributed by atoms with Gasteiger partial charge in [-0.25, -0.2) is 4.98 Å². The van der Waals surface area contributed by atoms with Gasteiger partial charge in [-0.3, -0.25) is 76.7 Å². The van der Waals surface area contributed by atoms with Crippen LogP contribution in [0.25, 0.3) is 10.9 Å². The highest BCUT2D eigenvalue weighted by atomic mass is 16.4. The van der Waals surface area contributed by atoms with E-state index in [1.54, 1.807) is 99.7 Å². The molecular formula is C77H127N21O18. The van der Waals surface area contributed by atoms with Crippen molar-refractivity contribution in [1.82, 2.24) is 84.1 Å². The number of benzene rings is 1. The smallest absolute Gasteiger partial charge is 0.305 e. The summed E-state index contributed by atoms with van der Waals surface area (Å²) in [6.07, 6.45) is 3.91. The van der Waals surface area contributed by atoms with Crippen LogP contribution in [0, 0.1) is 35.5 Å². The van der Waals surface area contributed by atoms with Crippen molar-refractivity contribution in [3.8, 4) is 0 Å². The number of primary amides is 2. The van der Waals surface area contributed by atoms with E-state index in [1.807, 2.05) is 13.8 Å². The molecule has 0 aliphatic heterocycles. The molecule has 0 saturated carbocycles. The number of nitrogens with zero attached hydrogens (tertiary/aromatic N) is 1. The van der Waals surface area contributed by atoms with Crippen LogP contribution in [-0.4, -0.2) is 225 Å². The molecule has 2 aromatic heterocycles. The average molecular weight is 1630 g/mol. The lowest BCUT2D eigenvalue weighted by Gasteiger charge is -2.30. The van der Waals surface area contributed by atoms with Crippen LogP contribution in [0.2, 0.25) is 0 Å². The number of H-pyrrole nitrogens is 2. The molecule has 0 spiro atoms. The fourth-order valence-electron chi connectivity index (χ4n) is 12.3. The summed E-state index contributed by atoms with van der Waals surface area (Å²) in [4.78, 5) is 231. The number of hydrogen-bond donors (Lipinski definition) is 22. The number of hydrogen-bond acceptors (Lipinski definition) is 21. The Bertz CT molecular complexity index is 3760. The second-order valence-corrected chi connectivity index (χ2v) is 30.9. The lowest BCUT2D eigenvalue weighted by molar-refractivity contribution is -0.141. The number of fused-ring (bicyclic) bond motifs is 1. The number of carbonyl (C=O) groups excluding carboxylic acids is 15. The minimum absolute atomic E-state index is 0.0239. The first-order chi connectivity index (χ1) is 54.7. The molecule has 0 bridgehead atoms. The molecule has 0 fully saturated rings. The third-order valence-electron chi connectivity index (χ3n) is 19.6. The van der Waals surface area contributed by atoms with E-state index in [0.717, 1.165) is 0 Å². The first kappa shape index (κ1) is 99.5. The minimum atomic E-state index is -1.70. The molecule has 0 aliphatic carbocycles. The molecule has 27 N–H and O–H groups in total. The van der Waals surface area contributed by atoms with Crippen LogP contribution in [0.4, 0.5) is 0 Å². The van der Waals surface area contributed by atoms with Gasteiger partial charge in [0.15, 0.2) is 0 Å². The highest BCUT2D eigenvalue weighted by Gasteiger charge is 2.40. The Morgan fingerprint density at radius 3 is 1.41 bits per heavy atom. The van der Waals surface area contributed by atoms with Gasteiger partial charge in [-0.1, -0.05) is 114 Å². The number of carbonyl (C=O) groups is 16. The van der Waals surface area contributed by atoms with Gasteiger partial charge in [-0.05, 0) is 118 Å². The van der Waals surface area contributed by atoms with Gasteiger partial charge in [0.1, 0.15) is 72.5 Å². The number of carboxylic acids is 1. The summed E-state index contributed by atoms with van der Waals surface area (Å²) in [5.74, 6) is -17.6. The van der Waals surface area contributed by atoms with E-state index in [1.165, 1.54) is 12.5 Å². The zero-order valence-corrected chi connectivity index (χ0v) is 68.7. The molecule has 39 nitrogen and oxygen atoms in total. The zero-order chi connectivity index (χ0) is 87.2. The highest BCUT2D eigenvalue weighted by Crippen LogP contribution is 2.21. The SMILES string of the molecule is CC[C@H](C)[C@H](NC(=O)[C@H](CCCCN)NC(=O)[C@H](CCCCN)NC(=O)[C@H](Cc1c[nH]c2ccccc12)NC(=O)[C@H](CC(=O)O)NC(=O)[C@@H](N)C(C)C)C(=O)NCC(=O)N[C@@H](CCC(N)=O)C(=O)N[C@@H](Cc1cnc[nH]1)C(=O)N[C@H](C(=O)N[C@@H](CC(C)C)C(=O)N[C@@H](CO)C(=O)N[C@H](C(=O)N[C@@H](CC(C)C)C(N)=O)C(C)C)[C@@H](C)CC. The maximum atomic E-state index is 14.7. The van der Waals surface area contributed by atoms with Gasteiger partial charge >= 0.3 is 5.97 Å². The Morgan fingerprint density at radius 2 is 0.905 bits per heavy atom. The van der Waals surface area contributed by atoms with E-state index in [4.69, 9.17) is 28.7 Å². The van der Waals surface area contributed by atoms with Crippen molar-refractivity contribution >= 4 is 105 Å². The van der Waals surface area contributed by atoms with Crippen molar-refractivity contribution in [2.75, 3.05) is 26.2 Å². The number of nitrogens with one attached hydrogen (secondary N) is 15. The van der Waals surface area contributed by atoms with Crippen LogP contribution < -0.4 is 97.8 Å². The van der Waals surface area contributed by atoms with Gasteiger partial charge in [-0.2, -0.15) is 0 Å². The molecule has 1 aromatic carbocycles. The molecule has 2 heterocycles. The van der Waals surface area contributed by atoms with E-state index in [-0.39, 0.29) is 89.1 Å². The third-order valence-corrected chi connectivity index (χ3v) is 19.6. The molecule has 15 amide bonds. The number of para-hydroxylation sites is 1. The topological polar surface area (TPSA) is 645 Å². The van der Waals surface area contributed by atoms with Gasteiger partial charge in [-0.15, -0.1) is 0 Å². The molecule has 116 heavy (non-hydrogen) atoms. The first-order valence-corrected chi connectivity index (χ1v) is 39.7. The van der Waals surface area contributed by atoms with Crippen molar-refractivity contribution < 1.29 is 86.9 Å². The Hall–Kier alpha value is -10.7. The second-order valence-electron chi connectivity index (χ2n) is 30.9. The van der Waals surface area contributed by atoms with Gasteiger partial charge in [0.05, 0.1) is 31.9 Å². The van der Waals surface area contributed by atoms with Crippen molar-refractivity contribution in [2.45, 2.75) is 258 Å². The summed E-state index contributed by atoms with van der Waals surface area (Å²) >= 11 is 0. The lowest BCUT2D eigenvalue weighted by Crippen LogP contribution is -2.62. The van der Waals surface area contributed by atoms with E-state index >= 15 is 0 Å². The first-order valence-electron chi connectivity index (χ1n) is 39.7. The Balaban J connectivity index is 1.91. The van der Waals surface area contributed by atoms with Crippen LogP contribution in [-0.2, 0) is 89.6 Å². The van der Waals surface area contributed by atoms with Gasteiger partial charge in [0.2, 0.25) is 88.6 Å². The van der Waals surface area contributed by atoms with Crippen molar-refractivity contribution in [3.05, 3.63) is 54.2 Å². The summed E-state index contributed by atoms with van der Waals surface area (Å²) in [5.41, 5.74) is 30.4. The fraction of sp³-hybridized carbons (Fsp3) is 0.649. The summed E-state index contributed by atoms with van der Waals surface area (Å²) in [6, 6.07) is -11.4. The number of rotatable bonds is 55. The van der Waals surface area contributed by atoms with Gasteiger partial charge in [0.25, 0.3) is 0 Å². The molecular weight excluding hydrogens is 1510 g/mol. The summed E-state index contributed by atoms with van der Waals surface area (Å²) in [6.45, 7) is 19.0. The number of carboxylic acid groups (broad SMARTS) is 1. The van der Waals surface area contributed by atoms with Gasteiger partial charge < -0.3 is 118 Å². The van der Waals surface area contributed by atoms with Crippen molar-refractivity contribution in [2.24, 2.45) is 64.2 Å². The number of nitrogens with two attached hydrogens (primary N) is 5. The Kier molecular flexibility index (Phi) is 43.4. The predicted molar refractivity (Wildman–Crippen MR) is 429 cm³/mol. The molecule has 0 unspecified atom stereocenters. The Morgan fingerprint density at radius 1 is 0.466 bits per heavy atom. The molecule has 648 valence electrons. The largest absolute Gasteiger partial charge is 0.481 e.